The molecule has 0 radical (unpaired) electrons. The van der Waals surface area contributed by atoms with E-state index in [1.54, 1.807) is 0 Å². The number of carboxylic acid groups (broad SMARTS) is 1. The SMILES string of the molecule is C[C@H](NC(=O)[C@@H](N)CCCCN)C(=O)N[C@@H](Cc1cnc[nH]1)C(=O)N[C@@H](CCCN=C(N)N)C(=O)O. The molecule has 13 N–H and O–H groups in total. The summed E-state index contributed by atoms with van der Waals surface area (Å²) in [5.41, 5.74) is 22.3. The Morgan fingerprint density at radius 3 is 2.31 bits per heavy atom. The van der Waals surface area contributed by atoms with Crippen LogP contribution in [0.2, 0.25) is 0 Å². The van der Waals surface area contributed by atoms with Crippen LogP contribution in [0.15, 0.2) is 17.5 Å². The third-order valence-electron chi connectivity index (χ3n) is 5.23. The van der Waals surface area contributed by atoms with Crippen molar-refractivity contribution in [2.24, 2.45) is 27.9 Å². The van der Waals surface area contributed by atoms with E-state index in [9.17, 15) is 24.3 Å². The van der Waals surface area contributed by atoms with Crippen molar-refractivity contribution >= 4 is 29.7 Å². The number of carbonyl (C=O) groups is 4. The first-order chi connectivity index (χ1) is 17.0. The first-order valence-corrected chi connectivity index (χ1v) is 11.7. The summed E-state index contributed by atoms with van der Waals surface area (Å²) in [6, 6.07) is -4.16. The first kappa shape index (κ1) is 30.3. The molecule has 3 amide bonds. The number of aromatic nitrogens is 2. The van der Waals surface area contributed by atoms with E-state index in [1.807, 2.05) is 0 Å². The van der Waals surface area contributed by atoms with Gasteiger partial charge in [0.25, 0.3) is 0 Å². The van der Waals surface area contributed by atoms with Gasteiger partial charge in [0.05, 0.1) is 12.4 Å². The second-order valence-electron chi connectivity index (χ2n) is 8.31. The van der Waals surface area contributed by atoms with E-state index in [1.165, 1.54) is 19.4 Å². The fourth-order valence-corrected chi connectivity index (χ4v) is 3.18. The number of amides is 3. The molecule has 15 nitrogen and oxygen atoms in total. The molecule has 0 spiro atoms. The molecule has 202 valence electrons. The average Bonchev–Trinajstić information content (AvgIpc) is 3.33. The lowest BCUT2D eigenvalue weighted by Gasteiger charge is -2.23. The van der Waals surface area contributed by atoms with Gasteiger partial charge < -0.3 is 49.0 Å². The molecule has 0 aliphatic carbocycles. The summed E-state index contributed by atoms with van der Waals surface area (Å²) in [6.07, 6.45) is 5.09. The van der Waals surface area contributed by atoms with Crippen LogP contribution in [-0.2, 0) is 25.6 Å². The number of carbonyl (C=O) groups excluding carboxylic acids is 3. The molecule has 0 aliphatic rings. The van der Waals surface area contributed by atoms with Crippen molar-refractivity contribution in [1.82, 2.24) is 25.9 Å². The van der Waals surface area contributed by atoms with Crippen LogP contribution >= 0.6 is 0 Å². The number of carboxylic acids is 1. The van der Waals surface area contributed by atoms with Crippen LogP contribution in [0.5, 0.6) is 0 Å². The zero-order chi connectivity index (χ0) is 27.1. The number of aliphatic carboxylic acids is 1. The number of hydrogen-bond acceptors (Lipinski definition) is 8. The van der Waals surface area contributed by atoms with Gasteiger partial charge in [-0.25, -0.2) is 9.78 Å². The van der Waals surface area contributed by atoms with Crippen LogP contribution in [0.3, 0.4) is 0 Å². The second kappa shape index (κ2) is 16.0. The maximum Gasteiger partial charge on any atom is 0.326 e. The van der Waals surface area contributed by atoms with Gasteiger partial charge in [0.15, 0.2) is 5.96 Å². The van der Waals surface area contributed by atoms with Crippen LogP contribution in [0, 0.1) is 0 Å². The fourth-order valence-electron chi connectivity index (χ4n) is 3.18. The molecule has 15 heteroatoms. The molecule has 0 saturated carbocycles. The van der Waals surface area contributed by atoms with Gasteiger partial charge in [-0.2, -0.15) is 0 Å². The Labute approximate surface area is 209 Å². The molecule has 0 saturated heterocycles. The summed E-state index contributed by atoms with van der Waals surface area (Å²) >= 11 is 0. The minimum absolute atomic E-state index is 0.0111. The number of unbranched alkanes of at least 4 members (excludes halogenated alkanes) is 1. The van der Waals surface area contributed by atoms with Gasteiger partial charge in [-0.05, 0) is 39.2 Å². The van der Waals surface area contributed by atoms with Crippen molar-refractivity contribution in [3.05, 3.63) is 18.2 Å². The van der Waals surface area contributed by atoms with E-state index in [4.69, 9.17) is 22.9 Å². The number of imidazole rings is 1. The molecule has 0 aromatic carbocycles. The van der Waals surface area contributed by atoms with Crippen molar-refractivity contribution in [2.45, 2.75) is 69.6 Å². The van der Waals surface area contributed by atoms with E-state index < -0.39 is 47.9 Å². The summed E-state index contributed by atoms with van der Waals surface area (Å²) in [5.74, 6) is -3.23. The highest BCUT2D eigenvalue weighted by atomic mass is 16.4. The summed E-state index contributed by atoms with van der Waals surface area (Å²) in [5, 5.41) is 17.0. The number of nitrogens with one attached hydrogen (secondary N) is 4. The number of aromatic amines is 1. The van der Waals surface area contributed by atoms with Crippen molar-refractivity contribution in [1.29, 1.82) is 0 Å². The van der Waals surface area contributed by atoms with Crippen LogP contribution in [0.25, 0.3) is 0 Å². The number of H-pyrrole nitrogens is 1. The molecule has 1 aromatic rings. The highest BCUT2D eigenvalue weighted by Crippen LogP contribution is 2.04. The molecular weight excluding hydrogens is 472 g/mol. The van der Waals surface area contributed by atoms with Gasteiger partial charge in [0.1, 0.15) is 18.1 Å². The number of nitrogens with two attached hydrogens (primary N) is 4. The zero-order valence-corrected chi connectivity index (χ0v) is 20.4. The normalized spacial score (nSPS) is 14.1. The number of aliphatic imine (C=N–C) groups is 1. The lowest BCUT2D eigenvalue weighted by molar-refractivity contribution is -0.142. The third kappa shape index (κ3) is 11.6. The molecule has 0 unspecified atom stereocenters. The predicted octanol–water partition coefficient (Wildman–Crippen LogP) is -2.98. The maximum absolute atomic E-state index is 13.0. The van der Waals surface area contributed by atoms with Gasteiger partial charge >= 0.3 is 5.97 Å². The molecule has 0 bridgehead atoms. The molecular formula is C21H38N10O5. The van der Waals surface area contributed by atoms with Gasteiger partial charge in [-0.15, -0.1) is 0 Å². The number of guanidine groups is 1. The summed E-state index contributed by atoms with van der Waals surface area (Å²) in [4.78, 5) is 60.1. The number of hydrogen-bond donors (Lipinski definition) is 9. The van der Waals surface area contributed by atoms with Crippen molar-refractivity contribution in [3.63, 3.8) is 0 Å². The lowest BCUT2D eigenvalue weighted by atomic mass is 10.1. The predicted molar refractivity (Wildman–Crippen MR) is 132 cm³/mol. The molecule has 1 aromatic heterocycles. The Bertz CT molecular complexity index is 872. The zero-order valence-electron chi connectivity index (χ0n) is 20.4. The third-order valence-corrected chi connectivity index (χ3v) is 5.23. The van der Waals surface area contributed by atoms with Crippen LogP contribution in [-0.4, -0.2) is 82.0 Å². The van der Waals surface area contributed by atoms with Crippen molar-refractivity contribution in [3.8, 4) is 0 Å². The Morgan fingerprint density at radius 1 is 1.03 bits per heavy atom. The van der Waals surface area contributed by atoms with E-state index in [-0.39, 0.29) is 25.3 Å². The minimum atomic E-state index is -1.25. The smallest absolute Gasteiger partial charge is 0.326 e. The minimum Gasteiger partial charge on any atom is -0.480 e. The number of rotatable bonds is 17. The fraction of sp³-hybridized carbons (Fsp3) is 0.619. The van der Waals surface area contributed by atoms with Gasteiger partial charge in [0, 0.05) is 24.9 Å². The first-order valence-electron chi connectivity index (χ1n) is 11.7. The van der Waals surface area contributed by atoms with E-state index >= 15 is 0 Å². The summed E-state index contributed by atoms with van der Waals surface area (Å²) in [6.45, 7) is 2.14. The van der Waals surface area contributed by atoms with Gasteiger partial charge in [0.2, 0.25) is 17.7 Å². The Kier molecular flexibility index (Phi) is 13.5. The van der Waals surface area contributed by atoms with E-state index in [0.29, 0.717) is 31.5 Å². The van der Waals surface area contributed by atoms with Crippen molar-refractivity contribution < 1.29 is 24.3 Å². The Morgan fingerprint density at radius 2 is 1.72 bits per heavy atom. The summed E-state index contributed by atoms with van der Waals surface area (Å²) < 4.78 is 0. The van der Waals surface area contributed by atoms with Crippen LogP contribution < -0.4 is 38.9 Å². The lowest BCUT2D eigenvalue weighted by Crippen LogP contribution is -2.57. The van der Waals surface area contributed by atoms with Gasteiger partial charge in [-0.1, -0.05) is 6.42 Å². The van der Waals surface area contributed by atoms with E-state index in [2.05, 4.69) is 30.9 Å². The Balaban J connectivity index is 2.81. The van der Waals surface area contributed by atoms with Crippen LogP contribution in [0.4, 0.5) is 0 Å². The molecule has 0 aliphatic heterocycles. The molecule has 0 fully saturated rings. The maximum atomic E-state index is 13.0. The quantitative estimate of drug-likeness (QED) is 0.0582. The Hall–Kier alpha value is -3.72. The van der Waals surface area contributed by atoms with Crippen molar-refractivity contribution in [2.75, 3.05) is 13.1 Å². The monoisotopic (exact) mass is 510 g/mol. The second-order valence-corrected chi connectivity index (χ2v) is 8.31. The average molecular weight is 511 g/mol. The molecule has 1 rings (SSSR count). The van der Waals surface area contributed by atoms with Crippen LogP contribution in [0.1, 0.15) is 44.7 Å². The highest BCUT2D eigenvalue weighted by molar-refractivity contribution is 5.94. The number of nitrogens with zero attached hydrogens (tertiary/aromatic N) is 2. The topological polar surface area (TPSA) is 270 Å². The molecule has 4 atom stereocenters. The molecule has 36 heavy (non-hydrogen) atoms. The standard InChI is InChI=1S/C21H38N10O5/c1-12(29-18(33)14(23)5-2-3-7-22)17(32)31-16(9-13-10-26-11-28-13)19(34)30-15(20(35)36)6-4-8-27-21(24)25/h10-12,14-16H,2-9,22-23H2,1H3,(H,26,28)(H,29,33)(H,30,34)(H,31,32)(H,35,36)(H4,24,25,27)/t12-,14-,15-,16-/m0/s1. The van der Waals surface area contributed by atoms with E-state index in [0.717, 1.165) is 6.42 Å². The summed E-state index contributed by atoms with van der Waals surface area (Å²) in [7, 11) is 0. The highest BCUT2D eigenvalue weighted by Gasteiger charge is 2.29. The van der Waals surface area contributed by atoms with Gasteiger partial charge in [-0.3, -0.25) is 19.4 Å². The largest absolute Gasteiger partial charge is 0.480 e. The molecule has 1 heterocycles.